The van der Waals surface area contributed by atoms with Gasteiger partial charge in [0.25, 0.3) is 0 Å². The summed E-state index contributed by atoms with van der Waals surface area (Å²) in [4.78, 5) is 11.4. The number of nitrogens with two attached hydrogens (primary N) is 1. The molecule has 1 aromatic heterocycles. The number of carbonyl (C=O) groups is 1. The first-order chi connectivity index (χ1) is 6.38. The van der Waals surface area contributed by atoms with Crippen LogP contribution in [0.5, 0.6) is 0 Å². The largest absolute Gasteiger partial charge is 0.325 e. The maximum atomic E-state index is 11.4. The van der Waals surface area contributed by atoms with Crippen molar-refractivity contribution in [2.45, 2.75) is 32.7 Å². The van der Waals surface area contributed by atoms with Crippen molar-refractivity contribution in [3.8, 4) is 0 Å². The highest BCUT2D eigenvalue weighted by Crippen LogP contribution is 2.11. The lowest BCUT2D eigenvalue weighted by Gasteiger charge is -2.17. The Morgan fingerprint density at radius 2 is 2.36 bits per heavy atom. The highest BCUT2D eigenvalue weighted by molar-refractivity contribution is 5.91. The number of anilines is 1. The molecule has 0 fully saturated rings. The molecule has 5 nitrogen and oxygen atoms in total. The lowest BCUT2D eigenvalue weighted by Crippen LogP contribution is -2.36. The zero-order chi connectivity index (χ0) is 10.8. The Morgan fingerprint density at radius 1 is 1.71 bits per heavy atom. The summed E-state index contributed by atoms with van der Waals surface area (Å²) in [6.45, 7) is 5.47. The fourth-order valence-corrected chi connectivity index (χ4v) is 1.08. The number of aromatic nitrogens is 2. The van der Waals surface area contributed by atoms with E-state index in [-0.39, 0.29) is 12.3 Å². The van der Waals surface area contributed by atoms with Crippen LogP contribution in [0.25, 0.3) is 0 Å². The molecular formula is C9H16N4O. The standard InChI is InChI=1S/C9H16N4O/c1-6-7(5-11-13-6)12-8(14)4-9(2,3)10/h5H,4,10H2,1-3H3,(H,11,13)(H,12,14). The molecule has 0 aliphatic carbocycles. The van der Waals surface area contributed by atoms with Gasteiger partial charge in [0.05, 0.1) is 17.6 Å². The molecule has 0 aliphatic heterocycles. The Hall–Kier alpha value is -1.36. The van der Waals surface area contributed by atoms with Crippen LogP contribution in [0.3, 0.4) is 0 Å². The predicted molar refractivity (Wildman–Crippen MR) is 54.8 cm³/mol. The number of nitrogens with one attached hydrogen (secondary N) is 2. The SMILES string of the molecule is Cc1[nH]ncc1NC(=O)CC(C)(C)N. The van der Waals surface area contributed by atoms with Crippen molar-refractivity contribution < 1.29 is 4.79 Å². The first-order valence-corrected chi connectivity index (χ1v) is 4.47. The van der Waals surface area contributed by atoms with E-state index in [2.05, 4.69) is 15.5 Å². The molecule has 1 heterocycles. The van der Waals surface area contributed by atoms with Crippen LogP contribution in [0.15, 0.2) is 6.20 Å². The van der Waals surface area contributed by atoms with Crippen molar-refractivity contribution in [3.05, 3.63) is 11.9 Å². The minimum absolute atomic E-state index is 0.0954. The minimum atomic E-state index is -0.484. The molecule has 0 radical (unpaired) electrons. The van der Waals surface area contributed by atoms with Crippen LogP contribution in [-0.4, -0.2) is 21.6 Å². The third kappa shape index (κ3) is 3.18. The molecule has 0 spiro atoms. The van der Waals surface area contributed by atoms with Gasteiger partial charge < -0.3 is 11.1 Å². The van der Waals surface area contributed by atoms with Crippen molar-refractivity contribution in [1.82, 2.24) is 10.2 Å². The third-order valence-corrected chi connectivity index (χ3v) is 1.72. The van der Waals surface area contributed by atoms with Crippen LogP contribution < -0.4 is 11.1 Å². The first kappa shape index (κ1) is 10.7. The second-order valence-electron chi connectivity index (χ2n) is 4.12. The van der Waals surface area contributed by atoms with Crippen molar-refractivity contribution in [2.24, 2.45) is 5.73 Å². The Bertz CT molecular complexity index is 324. The molecule has 0 saturated heterocycles. The minimum Gasteiger partial charge on any atom is -0.325 e. The van der Waals surface area contributed by atoms with E-state index < -0.39 is 5.54 Å². The molecule has 1 rings (SSSR count). The van der Waals surface area contributed by atoms with E-state index in [1.807, 2.05) is 20.8 Å². The zero-order valence-corrected chi connectivity index (χ0v) is 8.72. The average molecular weight is 196 g/mol. The number of H-pyrrole nitrogens is 1. The normalized spacial score (nSPS) is 11.4. The topological polar surface area (TPSA) is 83.8 Å². The Labute approximate surface area is 83.1 Å². The fourth-order valence-electron chi connectivity index (χ4n) is 1.08. The number of carbonyl (C=O) groups excluding carboxylic acids is 1. The van der Waals surface area contributed by atoms with E-state index in [1.54, 1.807) is 6.20 Å². The molecule has 1 aromatic rings. The number of aryl methyl sites for hydroxylation is 1. The second-order valence-corrected chi connectivity index (χ2v) is 4.12. The Morgan fingerprint density at radius 3 is 2.79 bits per heavy atom. The van der Waals surface area contributed by atoms with Gasteiger partial charge in [-0.15, -0.1) is 0 Å². The van der Waals surface area contributed by atoms with Gasteiger partial charge in [-0.25, -0.2) is 0 Å². The van der Waals surface area contributed by atoms with Crippen molar-refractivity contribution in [1.29, 1.82) is 0 Å². The van der Waals surface area contributed by atoms with Gasteiger partial charge >= 0.3 is 0 Å². The number of hydrogen-bond acceptors (Lipinski definition) is 3. The number of rotatable bonds is 3. The molecule has 0 atom stereocenters. The monoisotopic (exact) mass is 196 g/mol. The van der Waals surface area contributed by atoms with Gasteiger partial charge in [-0.1, -0.05) is 0 Å². The van der Waals surface area contributed by atoms with E-state index in [0.717, 1.165) is 5.69 Å². The Balaban J connectivity index is 2.54. The molecule has 4 N–H and O–H groups in total. The quantitative estimate of drug-likeness (QED) is 0.668. The molecule has 0 saturated carbocycles. The van der Waals surface area contributed by atoms with Crippen molar-refractivity contribution in [3.63, 3.8) is 0 Å². The molecule has 5 heteroatoms. The van der Waals surface area contributed by atoms with Gasteiger partial charge in [-0.3, -0.25) is 9.89 Å². The second kappa shape index (κ2) is 3.79. The predicted octanol–water partition coefficient (Wildman–Crippen LogP) is 0.784. The molecule has 1 amide bonds. The van der Waals surface area contributed by atoms with Gasteiger partial charge in [-0.05, 0) is 20.8 Å². The van der Waals surface area contributed by atoms with Crippen LogP contribution in [0.2, 0.25) is 0 Å². The maximum Gasteiger partial charge on any atom is 0.226 e. The molecular weight excluding hydrogens is 180 g/mol. The summed E-state index contributed by atoms with van der Waals surface area (Å²) < 4.78 is 0. The van der Waals surface area contributed by atoms with Gasteiger partial charge in [0.2, 0.25) is 5.91 Å². The maximum absolute atomic E-state index is 11.4. The van der Waals surface area contributed by atoms with Crippen molar-refractivity contribution in [2.75, 3.05) is 5.32 Å². The Kier molecular flexibility index (Phi) is 2.90. The number of hydrogen-bond donors (Lipinski definition) is 3. The molecule has 0 unspecified atom stereocenters. The fraction of sp³-hybridized carbons (Fsp3) is 0.556. The third-order valence-electron chi connectivity index (χ3n) is 1.72. The molecule has 78 valence electrons. The summed E-state index contributed by atoms with van der Waals surface area (Å²) >= 11 is 0. The van der Waals surface area contributed by atoms with Crippen molar-refractivity contribution >= 4 is 11.6 Å². The van der Waals surface area contributed by atoms with Gasteiger partial charge in [0, 0.05) is 12.0 Å². The summed E-state index contributed by atoms with van der Waals surface area (Å²) in [5.41, 5.74) is 6.78. The molecule has 0 aromatic carbocycles. The summed E-state index contributed by atoms with van der Waals surface area (Å²) in [6.07, 6.45) is 1.87. The van der Waals surface area contributed by atoms with Crippen LogP contribution in [0, 0.1) is 6.92 Å². The zero-order valence-electron chi connectivity index (χ0n) is 8.72. The highest BCUT2D eigenvalue weighted by Gasteiger charge is 2.16. The van der Waals surface area contributed by atoms with Gasteiger partial charge in [0.1, 0.15) is 0 Å². The van der Waals surface area contributed by atoms with Crippen LogP contribution in [-0.2, 0) is 4.79 Å². The summed E-state index contributed by atoms with van der Waals surface area (Å²) in [7, 11) is 0. The number of nitrogens with zero attached hydrogens (tertiary/aromatic N) is 1. The van der Waals surface area contributed by atoms with Crippen LogP contribution in [0.4, 0.5) is 5.69 Å². The average Bonchev–Trinajstić information content (AvgIpc) is 2.32. The molecule has 0 bridgehead atoms. The van der Waals surface area contributed by atoms with Gasteiger partial charge in [0.15, 0.2) is 0 Å². The van der Waals surface area contributed by atoms with Crippen LogP contribution in [0.1, 0.15) is 26.0 Å². The van der Waals surface area contributed by atoms with E-state index in [9.17, 15) is 4.79 Å². The molecule has 0 aliphatic rings. The smallest absolute Gasteiger partial charge is 0.226 e. The number of amides is 1. The summed E-state index contributed by atoms with van der Waals surface area (Å²) in [6, 6.07) is 0. The van der Waals surface area contributed by atoms with E-state index >= 15 is 0 Å². The van der Waals surface area contributed by atoms with E-state index in [4.69, 9.17) is 5.73 Å². The summed E-state index contributed by atoms with van der Waals surface area (Å²) in [5.74, 6) is -0.0954. The van der Waals surface area contributed by atoms with E-state index in [1.165, 1.54) is 0 Å². The van der Waals surface area contributed by atoms with Crippen LogP contribution >= 0.6 is 0 Å². The van der Waals surface area contributed by atoms with Gasteiger partial charge in [-0.2, -0.15) is 5.10 Å². The lowest BCUT2D eigenvalue weighted by atomic mass is 10.0. The number of aromatic amines is 1. The lowest BCUT2D eigenvalue weighted by molar-refractivity contribution is -0.117. The van der Waals surface area contributed by atoms with E-state index in [0.29, 0.717) is 5.69 Å². The first-order valence-electron chi connectivity index (χ1n) is 4.47. The highest BCUT2D eigenvalue weighted by atomic mass is 16.1. The summed E-state index contributed by atoms with van der Waals surface area (Å²) in [5, 5.41) is 9.28. The molecule has 14 heavy (non-hydrogen) atoms.